The number of nitrogens with zero attached hydrogens (tertiary/aromatic N) is 1. The first-order valence-corrected chi connectivity index (χ1v) is 9.29. The molecule has 2 aromatic carbocycles. The maximum atomic E-state index is 11.0. The molecule has 1 aliphatic heterocycles. The number of nitrogens with one attached hydrogen (secondary N) is 1. The Morgan fingerprint density at radius 1 is 1.23 bits per heavy atom. The molecule has 1 fully saturated rings. The van der Waals surface area contributed by atoms with Crippen LogP contribution in [-0.4, -0.2) is 36.7 Å². The molecule has 3 aromatic rings. The lowest BCUT2D eigenvalue weighted by Gasteiger charge is -2.32. The van der Waals surface area contributed by atoms with Crippen LogP contribution in [0.4, 0.5) is 0 Å². The third-order valence-electron chi connectivity index (χ3n) is 5.26. The van der Waals surface area contributed by atoms with Gasteiger partial charge in [-0.15, -0.1) is 0 Å². The molecular weight excluding hydrogens is 324 g/mol. The van der Waals surface area contributed by atoms with Crippen molar-refractivity contribution in [2.75, 3.05) is 19.7 Å². The average Bonchev–Trinajstić information content (AvgIpc) is 3.09. The molecule has 4 nitrogen and oxygen atoms in total. The SMILES string of the molecule is CCC(C1CNCCO1)n1cc(-c2ccc(C=O)cc2)c2ccccc21. The highest BCUT2D eigenvalue weighted by atomic mass is 16.5. The van der Waals surface area contributed by atoms with Gasteiger partial charge >= 0.3 is 0 Å². The standard InChI is InChI=1S/C22H24N2O2/c1-2-20(22-13-23-11-12-26-22)24-14-19(18-5-3-4-6-21(18)24)17-9-7-16(15-25)8-10-17/h3-10,14-15,20,22-23H,2,11-13H2,1H3. The normalized spacial score (nSPS) is 18.7. The molecule has 0 spiro atoms. The van der Waals surface area contributed by atoms with Crippen molar-refractivity contribution in [1.82, 2.24) is 9.88 Å². The van der Waals surface area contributed by atoms with Crippen LogP contribution in [0.3, 0.4) is 0 Å². The largest absolute Gasteiger partial charge is 0.373 e. The number of carbonyl (C=O) groups is 1. The topological polar surface area (TPSA) is 43.3 Å². The van der Waals surface area contributed by atoms with Crippen LogP contribution >= 0.6 is 0 Å². The van der Waals surface area contributed by atoms with Gasteiger partial charge in [-0.3, -0.25) is 4.79 Å². The summed E-state index contributed by atoms with van der Waals surface area (Å²) in [5, 5.41) is 4.68. The maximum Gasteiger partial charge on any atom is 0.150 e. The van der Waals surface area contributed by atoms with Gasteiger partial charge < -0.3 is 14.6 Å². The van der Waals surface area contributed by atoms with E-state index in [9.17, 15) is 4.79 Å². The van der Waals surface area contributed by atoms with Crippen molar-refractivity contribution in [3.05, 3.63) is 60.3 Å². The van der Waals surface area contributed by atoms with Gasteiger partial charge in [0.25, 0.3) is 0 Å². The van der Waals surface area contributed by atoms with Crippen LogP contribution in [0.1, 0.15) is 29.7 Å². The first-order chi connectivity index (χ1) is 12.8. The molecule has 0 saturated carbocycles. The van der Waals surface area contributed by atoms with Crippen LogP contribution in [0.25, 0.3) is 22.0 Å². The summed E-state index contributed by atoms with van der Waals surface area (Å²) < 4.78 is 8.43. The van der Waals surface area contributed by atoms with Gasteiger partial charge in [-0.2, -0.15) is 0 Å². The minimum atomic E-state index is 0.176. The number of hydrogen-bond acceptors (Lipinski definition) is 3. The summed E-state index contributed by atoms with van der Waals surface area (Å²) in [6.45, 7) is 4.79. The summed E-state index contributed by atoms with van der Waals surface area (Å²) in [7, 11) is 0. The smallest absolute Gasteiger partial charge is 0.150 e. The van der Waals surface area contributed by atoms with E-state index in [1.54, 1.807) is 0 Å². The highest BCUT2D eigenvalue weighted by Gasteiger charge is 2.26. The van der Waals surface area contributed by atoms with Gasteiger partial charge in [0, 0.05) is 41.3 Å². The number of aromatic nitrogens is 1. The van der Waals surface area contributed by atoms with Crippen LogP contribution in [0, 0.1) is 0 Å². The minimum absolute atomic E-state index is 0.176. The third kappa shape index (κ3) is 3.06. The second kappa shape index (κ2) is 7.44. The van der Waals surface area contributed by atoms with Gasteiger partial charge in [0.1, 0.15) is 6.29 Å². The number of fused-ring (bicyclic) bond motifs is 1. The molecule has 2 heterocycles. The molecule has 26 heavy (non-hydrogen) atoms. The fraction of sp³-hybridized carbons (Fsp3) is 0.318. The number of carbonyl (C=O) groups excluding carboxylic acids is 1. The Morgan fingerprint density at radius 2 is 2.04 bits per heavy atom. The van der Waals surface area contributed by atoms with Crippen LogP contribution in [0.15, 0.2) is 54.7 Å². The number of para-hydroxylation sites is 1. The summed E-state index contributed by atoms with van der Waals surface area (Å²) in [6, 6.07) is 16.6. The molecule has 1 aromatic heterocycles. The molecule has 1 aliphatic rings. The molecule has 4 heteroatoms. The van der Waals surface area contributed by atoms with E-state index in [-0.39, 0.29) is 12.1 Å². The van der Waals surface area contributed by atoms with Gasteiger partial charge in [-0.25, -0.2) is 0 Å². The van der Waals surface area contributed by atoms with Crippen LogP contribution in [0.2, 0.25) is 0 Å². The Balaban J connectivity index is 1.81. The van der Waals surface area contributed by atoms with E-state index in [0.29, 0.717) is 5.56 Å². The Bertz CT molecular complexity index is 892. The van der Waals surface area contributed by atoms with Gasteiger partial charge in [0.2, 0.25) is 0 Å². The number of benzene rings is 2. The van der Waals surface area contributed by atoms with Gasteiger partial charge in [-0.1, -0.05) is 49.4 Å². The van der Waals surface area contributed by atoms with Crippen LogP contribution in [-0.2, 0) is 4.74 Å². The predicted molar refractivity (Wildman–Crippen MR) is 105 cm³/mol. The third-order valence-corrected chi connectivity index (χ3v) is 5.26. The number of hydrogen-bond donors (Lipinski definition) is 1. The number of ether oxygens (including phenoxy) is 1. The van der Waals surface area contributed by atoms with Crippen LogP contribution in [0.5, 0.6) is 0 Å². The molecule has 134 valence electrons. The second-order valence-corrected chi connectivity index (χ2v) is 6.80. The first-order valence-electron chi connectivity index (χ1n) is 9.29. The lowest BCUT2D eigenvalue weighted by molar-refractivity contribution is -0.00491. The molecule has 0 amide bonds. The van der Waals surface area contributed by atoms with Crippen molar-refractivity contribution < 1.29 is 9.53 Å². The summed E-state index contributed by atoms with van der Waals surface area (Å²) in [5.41, 5.74) is 4.25. The summed E-state index contributed by atoms with van der Waals surface area (Å²) in [6.07, 6.45) is 4.31. The lowest BCUT2D eigenvalue weighted by atomic mass is 10.0. The summed E-state index contributed by atoms with van der Waals surface area (Å²) in [4.78, 5) is 11.0. The van der Waals surface area contributed by atoms with Crippen LogP contribution < -0.4 is 5.32 Å². The Labute approximate surface area is 153 Å². The summed E-state index contributed by atoms with van der Waals surface area (Å²) >= 11 is 0. The van der Waals surface area contributed by atoms with E-state index >= 15 is 0 Å². The molecule has 2 unspecified atom stereocenters. The zero-order chi connectivity index (χ0) is 17.9. The van der Waals surface area contributed by atoms with Crippen molar-refractivity contribution in [1.29, 1.82) is 0 Å². The highest BCUT2D eigenvalue weighted by Crippen LogP contribution is 2.35. The zero-order valence-corrected chi connectivity index (χ0v) is 15.0. The number of aldehydes is 1. The van der Waals surface area contributed by atoms with Gasteiger partial charge in [-0.05, 0) is 18.1 Å². The fourth-order valence-electron chi connectivity index (χ4n) is 3.92. The van der Waals surface area contributed by atoms with Crippen molar-refractivity contribution in [3.8, 4) is 11.1 Å². The number of rotatable bonds is 5. The first kappa shape index (κ1) is 17.0. The van der Waals surface area contributed by atoms with E-state index in [2.05, 4.69) is 47.3 Å². The van der Waals surface area contributed by atoms with E-state index in [0.717, 1.165) is 38.0 Å². The average molecular weight is 348 g/mol. The molecule has 4 rings (SSSR count). The van der Waals surface area contributed by atoms with Gasteiger partial charge in [0.15, 0.2) is 0 Å². The summed E-state index contributed by atoms with van der Waals surface area (Å²) in [5.74, 6) is 0. The fourth-order valence-corrected chi connectivity index (χ4v) is 3.92. The number of morpholine rings is 1. The van der Waals surface area contributed by atoms with E-state index < -0.39 is 0 Å². The minimum Gasteiger partial charge on any atom is -0.373 e. The van der Waals surface area contributed by atoms with E-state index in [1.165, 1.54) is 16.5 Å². The Hall–Kier alpha value is -2.43. The quantitative estimate of drug-likeness (QED) is 0.707. The Kier molecular flexibility index (Phi) is 4.87. The molecular formula is C22H24N2O2. The lowest BCUT2D eigenvalue weighted by Crippen LogP contribution is -2.43. The van der Waals surface area contributed by atoms with Gasteiger partial charge in [0.05, 0.1) is 18.8 Å². The highest BCUT2D eigenvalue weighted by molar-refractivity contribution is 5.96. The molecule has 1 saturated heterocycles. The Morgan fingerprint density at radius 3 is 2.73 bits per heavy atom. The van der Waals surface area contributed by atoms with Crippen molar-refractivity contribution in [2.45, 2.75) is 25.5 Å². The van der Waals surface area contributed by atoms with E-state index in [1.807, 2.05) is 24.3 Å². The molecule has 0 bridgehead atoms. The van der Waals surface area contributed by atoms with E-state index in [4.69, 9.17) is 4.74 Å². The van der Waals surface area contributed by atoms with Crippen molar-refractivity contribution >= 4 is 17.2 Å². The predicted octanol–water partition coefficient (Wildman–Crippen LogP) is 4.06. The molecule has 0 aliphatic carbocycles. The monoisotopic (exact) mass is 348 g/mol. The molecule has 0 radical (unpaired) electrons. The zero-order valence-electron chi connectivity index (χ0n) is 15.0. The molecule has 2 atom stereocenters. The van der Waals surface area contributed by atoms with Crippen molar-refractivity contribution in [3.63, 3.8) is 0 Å². The molecule has 1 N–H and O–H groups in total. The second-order valence-electron chi connectivity index (χ2n) is 6.80. The van der Waals surface area contributed by atoms with Crippen molar-refractivity contribution in [2.24, 2.45) is 0 Å². The maximum absolute atomic E-state index is 11.0.